The molecular formula is C7H7N2O3S-. The third kappa shape index (κ3) is 1.41. The maximum Gasteiger partial charge on any atom is 0.242 e. The van der Waals surface area contributed by atoms with Crippen LogP contribution in [0.15, 0.2) is 4.99 Å². The number of hydrogen-bond acceptors (Lipinski definition) is 5. The summed E-state index contributed by atoms with van der Waals surface area (Å²) in [7, 11) is 0. The minimum atomic E-state index is -1.19. The summed E-state index contributed by atoms with van der Waals surface area (Å²) < 4.78 is 0. The predicted octanol–water partition coefficient (Wildman–Crippen LogP) is -1.56. The van der Waals surface area contributed by atoms with E-state index in [1.165, 1.54) is 16.7 Å². The van der Waals surface area contributed by atoms with Crippen LogP contribution >= 0.6 is 11.8 Å². The van der Waals surface area contributed by atoms with Crippen LogP contribution in [0.25, 0.3) is 0 Å². The number of aliphatic imine (C=N–C) groups is 1. The van der Waals surface area contributed by atoms with Crippen LogP contribution in [0.5, 0.6) is 0 Å². The lowest BCUT2D eigenvalue weighted by Crippen LogP contribution is -2.34. The van der Waals surface area contributed by atoms with E-state index in [0.717, 1.165) is 0 Å². The van der Waals surface area contributed by atoms with Gasteiger partial charge in [0.25, 0.3) is 0 Å². The van der Waals surface area contributed by atoms with E-state index in [4.69, 9.17) is 0 Å². The van der Waals surface area contributed by atoms with Gasteiger partial charge >= 0.3 is 0 Å². The summed E-state index contributed by atoms with van der Waals surface area (Å²) in [5.41, 5.74) is 0. The largest absolute Gasteiger partial charge is 0.550 e. The van der Waals surface area contributed by atoms with Crippen LogP contribution in [-0.4, -0.2) is 40.3 Å². The zero-order chi connectivity index (χ0) is 9.42. The molecular weight excluding hydrogens is 192 g/mol. The van der Waals surface area contributed by atoms with Crippen LogP contribution in [0.3, 0.4) is 0 Å². The number of hydrogen-bond donors (Lipinski definition) is 0. The molecule has 2 heterocycles. The topological polar surface area (TPSA) is 72.8 Å². The van der Waals surface area contributed by atoms with E-state index in [0.29, 0.717) is 18.3 Å². The lowest BCUT2D eigenvalue weighted by molar-refractivity contribution is -0.305. The van der Waals surface area contributed by atoms with Crippen molar-refractivity contribution in [2.24, 2.45) is 4.99 Å². The van der Waals surface area contributed by atoms with Crippen LogP contribution in [0.2, 0.25) is 0 Å². The van der Waals surface area contributed by atoms with Crippen LogP contribution in [0.4, 0.5) is 0 Å². The van der Waals surface area contributed by atoms with E-state index in [9.17, 15) is 14.7 Å². The summed E-state index contributed by atoms with van der Waals surface area (Å²) in [6, 6.07) is 0. The molecule has 0 bridgehead atoms. The number of carbonyl (C=O) groups is 2. The highest BCUT2D eigenvalue weighted by molar-refractivity contribution is 8.15. The fraction of sp³-hybridized carbons (Fsp3) is 0.571. The van der Waals surface area contributed by atoms with E-state index < -0.39 is 11.2 Å². The number of fused-ring (bicyclic) bond motifs is 1. The average Bonchev–Trinajstić information content (AvgIpc) is 2.56. The first kappa shape index (κ1) is 8.55. The second kappa shape index (κ2) is 3.02. The molecule has 70 valence electrons. The highest BCUT2D eigenvalue weighted by atomic mass is 32.2. The lowest BCUT2D eigenvalue weighted by atomic mass is 10.3. The predicted molar refractivity (Wildman–Crippen MR) is 45.0 cm³/mol. The number of aliphatic carboxylic acids is 1. The van der Waals surface area contributed by atoms with Gasteiger partial charge in [0, 0.05) is 18.9 Å². The summed E-state index contributed by atoms with van der Waals surface area (Å²) >= 11 is 1.22. The van der Waals surface area contributed by atoms with Crippen LogP contribution in [0.1, 0.15) is 6.42 Å². The van der Waals surface area contributed by atoms with Crippen molar-refractivity contribution >= 4 is 28.8 Å². The van der Waals surface area contributed by atoms with Gasteiger partial charge in [-0.15, -0.1) is 0 Å². The quantitative estimate of drug-likeness (QED) is 0.539. The highest BCUT2D eigenvalue weighted by Crippen LogP contribution is 2.31. The van der Waals surface area contributed by atoms with Crippen molar-refractivity contribution in [2.45, 2.75) is 11.7 Å². The fourth-order valence-electron chi connectivity index (χ4n) is 1.36. The van der Waals surface area contributed by atoms with Crippen molar-refractivity contribution < 1.29 is 14.7 Å². The molecule has 2 aliphatic rings. The minimum absolute atomic E-state index is 0.148. The minimum Gasteiger partial charge on any atom is -0.550 e. The summed E-state index contributed by atoms with van der Waals surface area (Å²) in [6.45, 7) is 1.22. The molecule has 2 rings (SSSR count). The smallest absolute Gasteiger partial charge is 0.242 e. The summed E-state index contributed by atoms with van der Waals surface area (Å²) in [5.74, 6) is -1.34. The molecule has 1 amide bonds. The number of carboxylic acids is 1. The van der Waals surface area contributed by atoms with E-state index in [1.807, 2.05) is 0 Å². The van der Waals surface area contributed by atoms with Gasteiger partial charge in [0.2, 0.25) is 5.91 Å². The van der Waals surface area contributed by atoms with Crippen molar-refractivity contribution in [3.63, 3.8) is 0 Å². The second-order valence-corrected chi connectivity index (χ2v) is 4.01. The molecule has 1 saturated heterocycles. The van der Waals surface area contributed by atoms with E-state index in [2.05, 4.69) is 4.99 Å². The SMILES string of the molecule is O=C([O-])C[C@@H]1SC2=NCCN2C1=O. The average molecular weight is 199 g/mol. The molecule has 0 saturated carbocycles. The van der Waals surface area contributed by atoms with Gasteiger partial charge in [-0.2, -0.15) is 0 Å². The molecule has 1 fully saturated rings. The van der Waals surface area contributed by atoms with Crippen molar-refractivity contribution in [1.82, 2.24) is 4.90 Å². The number of rotatable bonds is 2. The summed E-state index contributed by atoms with van der Waals surface area (Å²) in [6.07, 6.45) is -0.223. The van der Waals surface area contributed by atoms with Gasteiger partial charge in [0.15, 0.2) is 5.17 Å². The maximum absolute atomic E-state index is 11.5. The van der Waals surface area contributed by atoms with Crippen LogP contribution < -0.4 is 5.11 Å². The van der Waals surface area contributed by atoms with E-state index in [-0.39, 0.29) is 12.3 Å². The van der Waals surface area contributed by atoms with Crippen molar-refractivity contribution in [2.75, 3.05) is 13.1 Å². The number of carboxylic acid groups (broad SMARTS) is 1. The Bertz CT molecular complexity index is 302. The van der Waals surface area contributed by atoms with Gasteiger partial charge in [-0.25, -0.2) is 0 Å². The number of carbonyl (C=O) groups excluding carboxylic acids is 2. The van der Waals surface area contributed by atoms with E-state index in [1.54, 1.807) is 0 Å². The molecule has 5 nitrogen and oxygen atoms in total. The third-order valence-electron chi connectivity index (χ3n) is 1.94. The first-order valence-corrected chi connectivity index (χ1v) is 4.79. The zero-order valence-electron chi connectivity index (χ0n) is 6.73. The molecule has 0 aliphatic carbocycles. The Morgan fingerprint density at radius 3 is 3.15 bits per heavy atom. The van der Waals surface area contributed by atoms with E-state index >= 15 is 0 Å². The molecule has 13 heavy (non-hydrogen) atoms. The van der Waals surface area contributed by atoms with Gasteiger partial charge in [0.05, 0.1) is 11.8 Å². The standard InChI is InChI=1S/C7H8N2O3S/c10-5(11)3-4-6(12)9-2-1-8-7(9)13-4/h4H,1-3H2,(H,10,11)/p-1/t4-/m0/s1. The number of thioether (sulfide) groups is 1. The van der Waals surface area contributed by atoms with Crippen LogP contribution in [-0.2, 0) is 9.59 Å². The number of amides is 1. The zero-order valence-corrected chi connectivity index (χ0v) is 7.54. The van der Waals surface area contributed by atoms with Gasteiger partial charge < -0.3 is 9.90 Å². The fourth-order valence-corrected chi connectivity index (χ4v) is 2.54. The first-order valence-electron chi connectivity index (χ1n) is 3.91. The Morgan fingerprint density at radius 2 is 2.54 bits per heavy atom. The van der Waals surface area contributed by atoms with Crippen molar-refractivity contribution in [3.05, 3.63) is 0 Å². The maximum atomic E-state index is 11.5. The highest BCUT2D eigenvalue weighted by Gasteiger charge is 2.39. The second-order valence-electron chi connectivity index (χ2n) is 2.84. The molecule has 0 radical (unpaired) electrons. The van der Waals surface area contributed by atoms with Gasteiger partial charge in [-0.3, -0.25) is 14.7 Å². The molecule has 2 aliphatic heterocycles. The Morgan fingerprint density at radius 1 is 1.77 bits per heavy atom. The molecule has 0 aromatic rings. The molecule has 6 heteroatoms. The Labute approximate surface area is 78.8 Å². The normalized spacial score (nSPS) is 26.2. The Hall–Kier alpha value is -1.04. The lowest BCUT2D eigenvalue weighted by Gasteiger charge is -2.09. The number of nitrogens with zero attached hydrogens (tertiary/aromatic N) is 2. The molecule has 1 atom stereocenters. The monoisotopic (exact) mass is 199 g/mol. The van der Waals surface area contributed by atoms with Gasteiger partial charge in [-0.1, -0.05) is 11.8 Å². The molecule has 0 aromatic heterocycles. The van der Waals surface area contributed by atoms with Crippen molar-refractivity contribution in [1.29, 1.82) is 0 Å². The van der Waals surface area contributed by atoms with Gasteiger partial charge in [0.1, 0.15) is 0 Å². The molecule has 0 N–H and O–H groups in total. The molecule has 0 aromatic carbocycles. The number of amidine groups is 1. The Kier molecular flexibility index (Phi) is 1.99. The summed E-state index contributed by atoms with van der Waals surface area (Å²) in [4.78, 5) is 27.4. The first-order chi connectivity index (χ1) is 6.18. The molecule has 0 unspecified atom stereocenters. The Balaban J connectivity index is 2.10. The van der Waals surface area contributed by atoms with Crippen molar-refractivity contribution in [3.8, 4) is 0 Å². The molecule has 0 spiro atoms. The summed E-state index contributed by atoms with van der Waals surface area (Å²) in [5, 5.41) is 10.4. The third-order valence-corrected chi connectivity index (χ3v) is 3.16. The van der Waals surface area contributed by atoms with Crippen LogP contribution in [0, 0.1) is 0 Å². The van der Waals surface area contributed by atoms with Gasteiger partial charge in [-0.05, 0) is 0 Å².